The van der Waals surface area contributed by atoms with Crippen LogP contribution in [0, 0.1) is 0 Å². The maximum Gasteiger partial charge on any atom is 0.417 e. The molecule has 3 rings (SSSR count). The number of rotatable bonds is 5. The van der Waals surface area contributed by atoms with Crippen molar-refractivity contribution in [3.05, 3.63) is 62.6 Å². The molecule has 11 heteroatoms. The number of urea groups is 1. The molecule has 1 aliphatic heterocycles. The molecule has 0 aliphatic carbocycles. The summed E-state index contributed by atoms with van der Waals surface area (Å²) in [4.78, 5) is 37.7. The number of benzene rings is 2. The summed E-state index contributed by atoms with van der Waals surface area (Å²) in [6, 6.07) is 7.10. The summed E-state index contributed by atoms with van der Waals surface area (Å²) in [6.45, 7) is 0.187. The Morgan fingerprint density at radius 2 is 1.77 bits per heavy atom. The molecular weight excluding hydrogens is 491 g/mol. The van der Waals surface area contributed by atoms with Crippen molar-refractivity contribution in [3.8, 4) is 0 Å². The van der Waals surface area contributed by atoms with Crippen molar-refractivity contribution in [3.63, 3.8) is 0 Å². The number of alkyl halides is 3. The van der Waals surface area contributed by atoms with Gasteiger partial charge in [-0.15, -0.1) is 0 Å². The maximum atomic E-state index is 12.9. The molecule has 0 spiro atoms. The van der Waals surface area contributed by atoms with Gasteiger partial charge < -0.3 is 10.6 Å². The van der Waals surface area contributed by atoms with E-state index in [-0.39, 0.29) is 25.2 Å². The molecule has 0 atom stereocenters. The lowest BCUT2D eigenvalue weighted by molar-refractivity contribution is -0.137. The Kier molecular flexibility index (Phi) is 6.37. The quantitative estimate of drug-likeness (QED) is 0.448. The van der Waals surface area contributed by atoms with Gasteiger partial charge in [-0.3, -0.25) is 14.5 Å². The van der Waals surface area contributed by atoms with E-state index in [2.05, 4.69) is 26.6 Å². The molecule has 158 valence electrons. The molecule has 0 saturated heterocycles. The number of hydrogen-bond donors (Lipinski definition) is 2. The number of nitrogens with one attached hydrogen (secondary N) is 2. The first-order chi connectivity index (χ1) is 14.1. The third-order valence-electron chi connectivity index (χ3n) is 4.31. The van der Waals surface area contributed by atoms with Gasteiger partial charge in [0.05, 0.1) is 21.7 Å². The minimum atomic E-state index is -4.65. The van der Waals surface area contributed by atoms with Gasteiger partial charge in [-0.05, 0) is 42.8 Å². The second kappa shape index (κ2) is 8.65. The van der Waals surface area contributed by atoms with Crippen LogP contribution in [0.15, 0.2) is 40.9 Å². The summed E-state index contributed by atoms with van der Waals surface area (Å²) in [5, 5.41) is 4.28. The van der Waals surface area contributed by atoms with Crippen molar-refractivity contribution < 1.29 is 27.6 Å². The zero-order valence-electron chi connectivity index (χ0n) is 15.1. The van der Waals surface area contributed by atoms with Gasteiger partial charge in [0, 0.05) is 23.2 Å². The lowest BCUT2D eigenvalue weighted by Crippen LogP contribution is -2.35. The Bertz CT molecular complexity index is 1030. The molecular formula is C19H14BrClF3N3O3. The fourth-order valence-corrected chi connectivity index (χ4v) is 3.49. The minimum absolute atomic E-state index is 0.0739. The molecule has 0 radical (unpaired) electrons. The second-order valence-electron chi connectivity index (χ2n) is 6.38. The summed E-state index contributed by atoms with van der Waals surface area (Å²) in [6.07, 6.45) is -4.37. The van der Waals surface area contributed by atoms with Crippen LogP contribution in [0.2, 0.25) is 5.02 Å². The van der Waals surface area contributed by atoms with E-state index in [9.17, 15) is 27.6 Å². The molecule has 0 aromatic heterocycles. The van der Waals surface area contributed by atoms with Gasteiger partial charge in [0.2, 0.25) is 0 Å². The van der Waals surface area contributed by atoms with Crippen molar-refractivity contribution in [2.45, 2.75) is 12.6 Å². The molecule has 2 aromatic carbocycles. The Morgan fingerprint density at radius 3 is 2.47 bits per heavy atom. The Labute approximate surface area is 182 Å². The third kappa shape index (κ3) is 4.76. The van der Waals surface area contributed by atoms with E-state index in [0.717, 1.165) is 17.0 Å². The molecule has 2 N–H and O–H groups in total. The highest BCUT2D eigenvalue weighted by atomic mass is 79.9. The Balaban J connectivity index is 1.50. The number of imide groups is 1. The van der Waals surface area contributed by atoms with E-state index in [1.807, 2.05) is 0 Å². The van der Waals surface area contributed by atoms with Gasteiger partial charge in [0.1, 0.15) is 0 Å². The highest BCUT2D eigenvalue weighted by Gasteiger charge is 2.35. The van der Waals surface area contributed by atoms with Crippen LogP contribution in [-0.4, -0.2) is 35.8 Å². The van der Waals surface area contributed by atoms with Crippen LogP contribution in [0.25, 0.3) is 0 Å². The van der Waals surface area contributed by atoms with Gasteiger partial charge in [0.25, 0.3) is 11.8 Å². The minimum Gasteiger partial charge on any atom is -0.338 e. The molecule has 2 aromatic rings. The lowest BCUT2D eigenvalue weighted by Gasteiger charge is -2.14. The predicted molar refractivity (Wildman–Crippen MR) is 108 cm³/mol. The molecule has 30 heavy (non-hydrogen) atoms. The standard InChI is InChI=1S/C19H14BrClF3N3O3/c20-10-2-4-12-13(8-10)17(29)27(16(12)28)7-1-6-25-18(30)26-11-3-5-15(21)14(9-11)19(22,23)24/h2-5,8-9H,1,6-7H2,(H2,25,26,30). The van der Waals surface area contributed by atoms with E-state index in [4.69, 9.17) is 11.6 Å². The monoisotopic (exact) mass is 503 g/mol. The van der Waals surface area contributed by atoms with Crippen molar-refractivity contribution in [1.29, 1.82) is 0 Å². The molecule has 0 unspecified atom stereocenters. The van der Waals surface area contributed by atoms with Gasteiger partial charge in [0.15, 0.2) is 0 Å². The summed E-state index contributed by atoms with van der Waals surface area (Å²) in [5.74, 6) is -0.825. The number of anilines is 1. The first-order valence-electron chi connectivity index (χ1n) is 8.65. The van der Waals surface area contributed by atoms with Crippen LogP contribution in [-0.2, 0) is 6.18 Å². The number of carbonyl (C=O) groups is 3. The summed E-state index contributed by atoms with van der Waals surface area (Å²) in [5.41, 5.74) is -0.505. The third-order valence-corrected chi connectivity index (χ3v) is 5.13. The van der Waals surface area contributed by atoms with Gasteiger partial charge in [-0.1, -0.05) is 27.5 Å². The number of fused-ring (bicyclic) bond motifs is 1. The van der Waals surface area contributed by atoms with Crippen LogP contribution >= 0.6 is 27.5 Å². The van der Waals surface area contributed by atoms with Crippen molar-refractivity contribution in [2.24, 2.45) is 0 Å². The fraction of sp³-hybridized carbons (Fsp3) is 0.211. The first kappa shape index (κ1) is 22.1. The zero-order chi connectivity index (χ0) is 22.1. The number of nitrogens with zero attached hydrogens (tertiary/aromatic N) is 1. The largest absolute Gasteiger partial charge is 0.417 e. The highest BCUT2D eigenvalue weighted by Crippen LogP contribution is 2.36. The second-order valence-corrected chi connectivity index (χ2v) is 7.70. The van der Waals surface area contributed by atoms with Gasteiger partial charge in [-0.25, -0.2) is 4.79 Å². The molecule has 4 amide bonds. The molecule has 0 fully saturated rings. The van der Waals surface area contributed by atoms with Gasteiger partial charge >= 0.3 is 12.2 Å². The zero-order valence-corrected chi connectivity index (χ0v) is 17.5. The number of carbonyl (C=O) groups excluding carboxylic acids is 3. The smallest absolute Gasteiger partial charge is 0.338 e. The van der Waals surface area contributed by atoms with Crippen molar-refractivity contribution in [2.75, 3.05) is 18.4 Å². The fourth-order valence-electron chi connectivity index (χ4n) is 2.90. The SMILES string of the molecule is O=C(NCCCN1C(=O)c2ccc(Br)cc2C1=O)Nc1ccc(Cl)c(C(F)(F)F)c1. The van der Waals surface area contributed by atoms with E-state index in [1.54, 1.807) is 18.2 Å². The molecule has 1 heterocycles. The lowest BCUT2D eigenvalue weighted by atomic mass is 10.1. The average Bonchev–Trinajstić information content (AvgIpc) is 2.89. The van der Waals surface area contributed by atoms with Gasteiger partial charge in [-0.2, -0.15) is 13.2 Å². The van der Waals surface area contributed by atoms with Crippen LogP contribution in [0.5, 0.6) is 0 Å². The molecule has 0 bridgehead atoms. The Hall–Kier alpha value is -2.59. The van der Waals surface area contributed by atoms with E-state index >= 15 is 0 Å². The number of hydrogen-bond acceptors (Lipinski definition) is 3. The maximum absolute atomic E-state index is 12.9. The number of amides is 4. The van der Waals surface area contributed by atoms with Crippen molar-refractivity contribution >= 4 is 51.1 Å². The molecule has 1 aliphatic rings. The van der Waals surface area contributed by atoms with E-state index in [1.165, 1.54) is 6.07 Å². The first-order valence-corrected chi connectivity index (χ1v) is 9.82. The normalized spacial score (nSPS) is 13.4. The Morgan fingerprint density at radius 1 is 1.07 bits per heavy atom. The van der Waals surface area contributed by atoms with E-state index in [0.29, 0.717) is 15.6 Å². The van der Waals surface area contributed by atoms with E-state index < -0.39 is 34.6 Å². The average molecular weight is 505 g/mol. The summed E-state index contributed by atoms with van der Waals surface area (Å²) < 4.78 is 39.3. The van der Waals surface area contributed by atoms with Crippen LogP contribution in [0.1, 0.15) is 32.7 Å². The summed E-state index contributed by atoms with van der Waals surface area (Å²) in [7, 11) is 0. The van der Waals surface area contributed by atoms with Crippen LogP contribution in [0.3, 0.4) is 0 Å². The molecule has 0 saturated carbocycles. The topological polar surface area (TPSA) is 78.5 Å². The van der Waals surface area contributed by atoms with Crippen LogP contribution in [0.4, 0.5) is 23.7 Å². The number of halogens is 5. The van der Waals surface area contributed by atoms with Crippen LogP contribution < -0.4 is 10.6 Å². The predicted octanol–water partition coefficient (Wildman–Crippen LogP) is 4.93. The highest BCUT2D eigenvalue weighted by molar-refractivity contribution is 9.10. The summed E-state index contributed by atoms with van der Waals surface area (Å²) >= 11 is 8.79. The van der Waals surface area contributed by atoms with Crippen molar-refractivity contribution in [1.82, 2.24) is 10.2 Å². The molecule has 6 nitrogen and oxygen atoms in total.